The lowest BCUT2D eigenvalue weighted by Gasteiger charge is -2.34. The molecule has 2 rings (SSSR count). The molecule has 0 radical (unpaired) electrons. The quantitative estimate of drug-likeness (QED) is 0.842. The summed E-state index contributed by atoms with van der Waals surface area (Å²) in [5.41, 5.74) is 0.433. The van der Waals surface area contributed by atoms with E-state index in [0.29, 0.717) is 48.5 Å². The molecule has 2 N–H and O–H groups in total. The van der Waals surface area contributed by atoms with E-state index in [1.165, 1.54) is 0 Å². The second kappa shape index (κ2) is 8.55. The van der Waals surface area contributed by atoms with Crippen LogP contribution in [0.1, 0.15) is 13.8 Å². The summed E-state index contributed by atoms with van der Waals surface area (Å²) in [5.74, 6) is -0.149. The van der Waals surface area contributed by atoms with E-state index in [1.54, 1.807) is 30.0 Å². The zero-order valence-electron chi connectivity index (χ0n) is 13.8. The molecule has 0 aromatic heterocycles. The highest BCUT2D eigenvalue weighted by Crippen LogP contribution is 2.29. The molecule has 1 aliphatic rings. The first-order valence-electron chi connectivity index (χ1n) is 7.95. The molecule has 8 heteroatoms. The van der Waals surface area contributed by atoms with Gasteiger partial charge in [0.1, 0.15) is 0 Å². The SMILES string of the molecule is CCOC(=O)N1CC[NH+]([C@H](C)C(=O)Nc2c(Cl)cccc2Cl)CC1. The van der Waals surface area contributed by atoms with Crippen LogP contribution in [0.3, 0.4) is 0 Å². The zero-order chi connectivity index (χ0) is 17.7. The van der Waals surface area contributed by atoms with Crippen LogP contribution in [0.4, 0.5) is 10.5 Å². The molecular formula is C16H22Cl2N3O3+. The minimum absolute atomic E-state index is 0.149. The van der Waals surface area contributed by atoms with Crippen LogP contribution in [0.15, 0.2) is 18.2 Å². The Kier molecular flexibility index (Phi) is 6.71. The van der Waals surface area contributed by atoms with Crippen molar-refractivity contribution in [2.75, 3.05) is 38.1 Å². The number of hydrogen-bond donors (Lipinski definition) is 2. The van der Waals surface area contributed by atoms with Crippen molar-refractivity contribution in [3.05, 3.63) is 28.2 Å². The van der Waals surface area contributed by atoms with Crippen LogP contribution in [0.25, 0.3) is 0 Å². The van der Waals surface area contributed by atoms with Gasteiger partial charge in [0.05, 0.1) is 48.5 Å². The van der Waals surface area contributed by atoms with Gasteiger partial charge in [0.15, 0.2) is 6.04 Å². The van der Waals surface area contributed by atoms with Gasteiger partial charge in [-0.2, -0.15) is 0 Å². The van der Waals surface area contributed by atoms with Crippen LogP contribution in [-0.2, 0) is 9.53 Å². The summed E-state index contributed by atoms with van der Waals surface area (Å²) in [4.78, 5) is 27.0. The molecule has 2 amide bonds. The summed E-state index contributed by atoms with van der Waals surface area (Å²) < 4.78 is 5.00. The van der Waals surface area contributed by atoms with Gasteiger partial charge in [-0.05, 0) is 26.0 Å². The van der Waals surface area contributed by atoms with Crippen LogP contribution in [0.5, 0.6) is 0 Å². The minimum Gasteiger partial charge on any atom is -0.450 e. The van der Waals surface area contributed by atoms with Gasteiger partial charge in [0.25, 0.3) is 5.91 Å². The Balaban J connectivity index is 1.92. The smallest absolute Gasteiger partial charge is 0.410 e. The number of ether oxygens (including phenoxy) is 1. The van der Waals surface area contributed by atoms with E-state index in [4.69, 9.17) is 27.9 Å². The van der Waals surface area contributed by atoms with E-state index in [-0.39, 0.29) is 18.0 Å². The van der Waals surface area contributed by atoms with Crippen LogP contribution >= 0.6 is 23.2 Å². The molecule has 1 aromatic rings. The number of rotatable bonds is 4. The Labute approximate surface area is 151 Å². The lowest BCUT2D eigenvalue weighted by Crippen LogP contribution is -3.19. The number of nitrogens with zero attached hydrogens (tertiary/aromatic N) is 1. The van der Waals surface area contributed by atoms with E-state index in [0.717, 1.165) is 4.90 Å². The van der Waals surface area contributed by atoms with Crippen molar-refractivity contribution >= 4 is 40.9 Å². The molecule has 0 saturated carbocycles. The first-order chi connectivity index (χ1) is 11.4. The average molecular weight is 375 g/mol. The van der Waals surface area contributed by atoms with E-state index in [9.17, 15) is 9.59 Å². The summed E-state index contributed by atoms with van der Waals surface area (Å²) in [6.45, 7) is 6.51. The molecule has 1 aromatic carbocycles. The lowest BCUT2D eigenvalue weighted by atomic mass is 10.2. The normalized spacial score (nSPS) is 16.6. The Morgan fingerprint density at radius 3 is 2.42 bits per heavy atom. The number of carbonyl (C=O) groups excluding carboxylic acids is 2. The Morgan fingerprint density at radius 2 is 1.88 bits per heavy atom. The number of hydrogen-bond acceptors (Lipinski definition) is 3. The molecule has 1 atom stereocenters. The van der Waals surface area contributed by atoms with Crippen molar-refractivity contribution in [2.45, 2.75) is 19.9 Å². The fourth-order valence-electron chi connectivity index (χ4n) is 2.66. The third-order valence-corrected chi connectivity index (χ3v) is 4.78. The number of nitrogens with one attached hydrogen (secondary N) is 2. The van der Waals surface area contributed by atoms with Gasteiger partial charge in [-0.25, -0.2) is 4.79 Å². The molecule has 1 fully saturated rings. The third-order valence-electron chi connectivity index (χ3n) is 4.15. The summed E-state index contributed by atoms with van der Waals surface area (Å²) in [5, 5.41) is 3.62. The van der Waals surface area contributed by atoms with Crippen molar-refractivity contribution in [2.24, 2.45) is 0 Å². The van der Waals surface area contributed by atoms with Crippen LogP contribution in [0, 0.1) is 0 Å². The van der Waals surface area contributed by atoms with Gasteiger partial charge in [-0.3, -0.25) is 9.69 Å². The molecule has 1 saturated heterocycles. The number of piperazine rings is 1. The molecule has 0 spiro atoms. The lowest BCUT2D eigenvalue weighted by molar-refractivity contribution is -0.917. The summed E-state index contributed by atoms with van der Waals surface area (Å²) >= 11 is 12.2. The van der Waals surface area contributed by atoms with Crippen molar-refractivity contribution in [1.29, 1.82) is 0 Å². The fourth-order valence-corrected chi connectivity index (χ4v) is 3.15. The summed E-state index contributed by atoms with van der Waals surface area (Å²) in [6, 6.07) is 4.81. The Morgan fingerprint density at radius 1 is 1.29 bits per heavy atom. The number of para-hydroxylation sites is 1. The van der Waals surface area contributed by atoms with Gasteiger partial charge in [-0.15, -0.1) is 0 Å². The first kappa shape index (κ1) is 18.8. The van der Waals surface area contributed by atoms with Gasteiger partial charge in [0.2, 0.25) is 0 Å². The molecule has 1 heterocycles. The topological polar surface area (TPSA) is 63.1 Å². The van der Waals surface area contributed by atoms with Gasteiger partial charge < -0.3 is 15.0 Å². The van der Waals surface area contributed by atoms with E-state index < -0.39 is 0 Å². The molecular weight excluding hydrogens is 353 g/mol. The van der Waals surface area contributed by atoms with Crippen molar-refractivity contribution in [3.63, 3.8) is 0 Å². The maximum absolute atomic E-state index is 12.5. The van der Waals surface area contributed by atoms with Crippen molar-refractivity contribution in [1.82, 2.24) is 4.90 Å². The second-order valence-corrected chi connectivity index (χ2v) is 6.47. The van der Waals surface area contributed by atoms with Gasteiger partial charge in [0, 0.05) is 0 Å². The number of carbonyl (C=O) groups is 2. The second-order valence-electron chi connectivity index (χ2n) is 5.65. The zero-order valence-corrected chi connectivity index (χ0v) is 15.3. The van der Waals surface area contributed by atoms with Crippen LogP contribution < -0.4 is 10.2 Å². The highest BCUT2D eigenvalue weighted by Gasteiger charge is 2.31. The average Bonchev–Trinajstić information content (AvgIpc) is 2.58. The largest absolute Gasteiger partial charge is 0.450 e. The number of anilines is 1. The highest BCUT2D eigenvalue weighted by atomic mass is 35.5. The third kappa shape index (κ3) is 4.53. The number of amides is 2. The predicted octanol–water partition coefficient (Wildman–Crippen LogP) is 1.68. The molecule has 24 heavy (non-hydrogen) atoms. The van der Waals surface area contributed by atoms with E-state index in [2.05, 4.69) is 5.32 Å². The van der Waals surface area contributed by atoms with Crippen LogP contribution in [0.2, 0.25) is 10.0 Å². The number of quaternary nitrogens is 1. The van der Waals surface area contributed by atoms with E-state index in [1.807, 2.05) is 6.92 Å². The summed E-state index contributed by atoms with van der Waals surface area (Å²) in [6.07, 6.45) is -0.295. The molecule has 0 unspecified atom stereocenters. The highest BCUT2D eigenvalue weighted by molar-refractivity contribution is 6.39. The predicted molar refractivity (Wildman–Crippen MR) is 93.8 cm³/mol. The van der Waals surface area contributed by atoms with Crippen molar-refractivity contribution in [3.8, 4) is 0 Å². The Bertz CT molecular complexity index is 584. The number of benzene rings is 1. The maximum atomic E-state index is 12.5. The summed E-state index contributed by atoms with van der Waals surface area (Å²) in [7, 11) is 0. The minimum atomic E-state index is -0.295. The molecule has 1 aliphatic heterocycles. The van der Waals surface area contributed by atoms with Gasteiger partial charge >= 0.3 is 6.09 Å². The molecule has 132 valence electrons. The fraction of sp³-hybridized carbons (Fsp3) is 0.500. The first-order valence-corrected chi connectivity index (χ1v) is 8.70. The standard InChI is InChI=1S/C16H21Cl2N3O3/c1-3-24-16(23)21-9-7-20(8-10-21)11(2)15(22)19-14-12(17)5-4-6-13(14)18/h4-6,11H,3,7-10H2,1-2H3,(H,19,22)/p+1/t11-/m1/s1. The van der Waals surface area contributed by atoms with Crippen LogP contribution in [-0.4, -0.2) is 55.7 Å². The van der Waals surface area contributed by atoms with E-state index >= 15 is 0 Å². The monoisotopic (exact) mass is 374 g/mol. The maximum Gasteiger partial charge on any atom is 0.410 e. The Hall–Kier alpha value is -1.50. The van der Waals surface area contributed by atoms with Crippen molar-refractivity contribution < 1.29 is 19.2 Å². The van der Waals surface area contributed by atoms with Gasteiger partial charge in [-0.1, -0.05) is 29.3 Å². The molecule has 0 aliphatic carbocycles. The molecule has 0 bridgehead atoms. The number of halogens is 2. The molecule has 6 nitrogen and oxygen atoms in total.